The van der Waals surface area contributed by atoms with Gasteiger partial charge >= 0.3 is 0 Å². The smallest absolute Gasteiger partial charge is 0.226 e. The molecule has 1 rings (SSSR count). The van der Waals surface area contributed by atoms with Gasteiger partial charge in [-0.1, -0.05) is 43.9 Å². The van der Waals surface area contributed by atoms with Crippen molar-refractivity contribution in [2.75, 3.05) is 5.32 Å². The van der Waals surface area contributed by atoms with Gasteiger partial charge in [0, 0.05) is 11.7 Å². The van der Waals surface area contributed by atoms with Gasteiger partial charge < -0.3 is 5.32 Å². The molecule has 0 aromatic carbocycles. The predicted octanol–water partition coefficient (Wildman–Crippen LogP) is 2.78. The first-order valence-electron chi connectivity index (χ1n) is 4.91. The molecule has 1 amide bonds. The van der Waals surface area contributed by atoms with E-state index >= 15 is 0 Å². The molecule has 0 saturated carbocycles. The standard InChI is InChI=1S/C9H15N3OS2/c1-4-5-7(13)10-8-11-12-9(15-8)14-6(2)3/h6H,4-5H2,1-3H3,(H,10,11,13). The van der Waals surface area contributed by atoms with Crippen molar-refractivity contribution in [3.63, 3.8) is 0 Å². The van der Waals surface area contributed by atoms with Crippen molar-refractivity contribution in [2.24, 2.45) is 0 Å². The zero-order valence-corrected chi connectivity index (χ0v) is 10.7. The fraction of sp³-hybridized carbons (Fsp3) is 0.667. The lowest BCUT2D eigenvalue weighted by atomic mass is 10.3. The second-order valence-electron chi connectivity index (χ2n) is 3.34. The van der Waals surface area contributed by atoms with Gasteiger partial charge in [-0.2, -0.15) is 0 Å². The topological polar surface area (TPSA) is 54.9 Å². The molecule has 0 bridgehead atoms. The molecule has 0 aliphatic rings. The van der Waals surface area contributed by atoms with Crippen LogP contribution in [0.1, 0.15) is 33.6 Å². The average Bonchev–Trinajstić information content (AvgIpc) is 2.51. The summed E-state index contributed by atoms with van der Waals surface area (Å²) in [4.78, 5) is 11.3. The molecule has 0 spiro atoms. The normalized spacial score (nSPS) is 10.7. The van der Waals surface area contributed by atoms with Gasteiger partial charge in [0.1, 0.15) is 0 Å². The van der Waals surface area contributed by atoms with Gasteiger partial charge in [-0.3, -0.25) is 4.79 Å². The minimum atomic E-state index is 0.00902. The summed E-state index contributed by atoms with van der Waals surface area (Å²) in [5, 5.41) is 11.7. The number of rotatable bonds is 5. The predicted molar refractivity (Wildman–Crippen MR) is 64.4 cm³/mol. The van der Waals surface area contributed by atoms with Crippen molar-refractivity contribution in [2.45, 2.75) is 43.2 Å². The Labute approximate surface area is 97.9 Å². The Morgan fingerprint density at radius 3 is 2.87 bits per heavy atom. The maximum atomic E-state index is 11.3. The SMILES string of the molecule is CCCC(=O)Nc1nnc(SC(C)C)s1. The molecule has 1 aromatic rings. The molecule has 0 unspecified atom stereocenters. The van der Waals surface area contributed by atoms with E-state index in [1.54, 1.807) is 11.8 Å². The molecule has 0 fully saturated rings. The molecule has 84 valence electrons. The van der Waals surface area contributed by atoms with Gasteiger partial charge in [0.2, 0.25) is 11.0 Å². The van der Waals surface area contributed by atoms with Crippen LogP contribution in [0.5, 0.6) is 0 Å². The number of nitrogens with one attached hydrogen (secondary N) is 1. The molecule has 0 aliphatic heterocycles. The highest BCUT2D eigenvalue weighted by Crippen LogP contribution is 2.28. The van der Waals surface area contributed by atoms with Gasteiger partial charge in [0.05, 0.1) is 0 Å². The first-order valence-corrected chi connectivity index (χ1v) is 6.61. The van der Waals surface area contributed by atoms with Crippen molar-refractivity contribution in [3.05, 3.63) is 0 Å². The molecule has 0 atom stereocenters. The number of anilines is 1. The summed E-state index contributed by atoms with van der Waals surface area (Å²) in [6, 6.07) is 0. The van der Waals surface area contributed by atoms with Crippen LogP contribution in [-0.2, 0) is 4.79 Å². The van der Waals surface area contributed by atoms with E-state index in [-0.39, 0.29) is 5.91 Å². The summed E-state index contributed by atoms with van der Waals surface area (Å²) in [6.07, 6.45) is 1.38. The third-order valence-corrected chi connectivity index (χ3v) is 3.39. The molecule has 6 heteroatoms. The minimum absolute atomic E-state index is 0.00902. The Morgan fingerprint density at radius 1 is 1.53 bits per heavy atom. The van der Waals surface area contributed by atoms with Crippen LogP contribution in [0, 0.1) is 0 Å². The third-order valence-electron chi connectivity index (χ3n) is 1.47. The van der Waals surface area contributed by atoms with Gasteiger partial charge in [0.25, 0.3) is 0 Å². The lowest BCUT2D eigenvalue weighted by molar-refractivity contribution is -0.116. The number of hydrogen-bond acceptors (Lipinski definition) is 5. The zero-order chi connectivity index (χ0) is 11.3. The van der Waals surface area contributed by atoms with E-state index in [0.29, 0.717) is 16.8 Å². The molecule has 1 N–H and O–H groups in total. The van der Waals surface area contributed by atoms with E-state index in [2.05, 4.69) is 29.4 Å². The summed E-state index contributed by atoms with van der Waals surface area (Å²) < 4.78 is 0.900. The largest absolute Gasteiger partial charge is 0.301 e. The summed E-state index contributed by atoms with van der Waals surface area (Å²) >= 11 is 3.08. The number of aromatic nitrogens is 2. The van der Waals surface area contributed by atoms with Crippen LogP contribution in [0.4, 0.5) is 5.13 Å². The highest BCUT2D eigenvalue weighted by Gasteiger charge is 2.08. The van der Waals surface area contributed by atoms with Crippen molar-refractivity contribution < 1.29 is 4.79 Å². The van der Waals surface area contributed by atoms with Crippen molar-refractivity contribution in [1.29, 1.82) is 0 Å². The number of nitrogens with zero attached hydrogens (tertiary/aromatic N) is 2. The number of thioether (sulfide) groups is 1. The Morgan fingerprint density at radius 2 is 2.27 bits per heavy atom. The average molecular weight is 245 g/mol. The monoisotopic (exact) mass is 245 g/mol. The fourth-order valence-corrected chi connectivity index (χ4v) is 2.91. The first-order chi connectivity index (χ1) is 7.11. The molecule has 0 saturated heterocycles. The highest BCUT2D eigenvalue weighted by atomic mass is 32.2. The molecule has 0 aliphatic carbocycles. The third kappa shape index (κ3) is 4.61. The number of carbonyl (C=O) groups excluding carboxylic acids is 1. The maximum absolute atomic E-state index is 11.3. The lowest BCUT2D eigenvalue weighted by Crippen LogP contribution is -2.10. The first kappa shape index (κ1) is 12.4. The van der Waals surface area contributed by atoms with Crippen LogP contribution < -0.4 is 5.32 Å². The van der Waals surface area contributed by atoms with Gasteiger partial charge in [-0.15, -0.1) is 10.2 Å². The molecular weight excluding hydrogens is 230 g/mol. The Kier molecular flexibility index (Phi) is 5.04. The van der Waals surface area contributed by atoms with Gasteiger partial charge in [-0.25, -0.2) is 0 Å². The van der Waals surface area contributed by atoms with E-state index in [9.17, 15) is 4.79 Å². The van der Waals surface area contributed by atoms with Crippen LogP contribution in [0.2, 0.25) is 0 Å². The van der Waals surface area contributed by atoms with Crippen LogP contribution in [0.3, 0.4) is 0 Å². The van der Waals surface area contributed by atoms with Crippen molar-refractivity contribution in [1.82, 2.24) is 10.2 Å². The van der Waals surface area contributed by atoms with E-state index in [1.807, 2.05) is 6.92 Å². The maximum Gasteiger partial charge on any atom is 0.226 e. The summed E-state index contributed by atoms with van der Waals surface area (Å²) in [7, 11) is 0. The molecule has 1 aromatic heterocycles. The van der Waals surface area contributed by atoms with Gasteiger partial charge in [0.15, 0.2) is 4.34 Å². The summed E-state index contributed by atoms with van der Waals surface area (Å²) in [5.41, 5.74) is 0. The number of carbonyl (C=O) groups is 1. The lowest BCUT2D eigenvalue weighted by Gasteiger charge is -1.98. The Hall–Kier alpha value is -0.620. The van der Waals surface area contributed by atoms with E-state index in [1.165, 1.54) is 11.3 Å². The van der Waals surface area contributed by atoms with Crippen LogP contribution in [0.15, 0.2) is 4.34 Å². The molecule has 0 radical (unpaired) electrons. The van der Waals surface area contributed by atoms with Crippen molar-refractivity contribution >= 4 is 34.1 Å². The second-order valence-corrected chi connectivity index (χ2v) is 6.14. The van der Waals surface area contributed by atoms with E-state index in [0.717, 1.165) is 10.8 Å². The molecule has 15 heavy (non-hydrogen) atoms. The van der Waals surface area contributed by atoms with Crippen molar-refractivity contribution in [3.8, 4) is 0 Å². The van der Waals surface area contributed by atoms with Crippen LogP contribution >= 0.6 is 23.1 Å². The quantitative estimate of drug-likeness (QED) is 0.640. The molecular formula is C9H15N3OS2. The Balaban J connectivity index is 2.49. The van der Waals surface area contributed by atoms with E-state index in [4.69, 9.17) is 0 Å². The zero-order valence-electron chi connectivity index (χ0n) is 9.11. The van der Waals surface area contributed by atoms with Crippen LogP contribution in [0.25, 0.3) is 0 Å². The fourth-order valence-electron chi connectivity index (χ4n) is 0.918. The molecule has 4 nitrogen and oxygen atoms in total. The Bertz CT molecular complexity index is 325. The van der Waals surface area contributed by atoms with Crippen LogP contribution in [-0.4, -0.2) is 21.4 Å². The minimum Gasteiger partial charge on any atom is -0.301 e. The molecule has 1 heterocycles. The summed E-state index contributed by atoms with van der Waals surface area (Å²) in [6.45, 7) is 6.17. The summed E-state index contributed by atoms with van der Waals surface area (Å²) in [5.74, 6) is 0.00902. The highest BCUT2D eigenvalue weighted by molar-refractivity contribution is 8.01. The number of hydrogen-bond donors (Lipinski definition) is 1. The van der Waals surface area contributed by atoms with E-state index < -0.39 is 0 Å². The van der Waals surface area contributed by atoms with Gasteiger partial charge in [-0.05, 0) is 6.42 Å². The number of amides is 1. The second kappa shape index (κ2) is 6.07.